The Bertz CT molecular complexity index is 573. The third-order valence-electron chi connectivity index (χ3n) is 8.07. The topological polar surface area (TPSA) is 35.5 Å². The number of hydrogen-bond donors (Lipinski definition) is 0. The molecule has 0 radical (unpaired) electrons. The van der Waals surface area contributed by atoms with E-state index in [9.17, 15) is 4.79 Å². The molecule has 6 atom stereocenters. The van der Waals surface area contributed by atoms with Crippen LogP contribution in [0.2, 0.25) is 16.6 Å². The second kappa shape index (κ2) is 7.66. The van der Waals surface area contributed by atoms with Gasteiger partial charge in [-0.1, -0.05) is 60.1 Å². The summed E-state index contributed by atoms with van der Waals surface area (Å²) >= 11 is 0. The van der Waals surface area contributed by atoms with Gasteiger partial charge < -0.3 is 9.16 Å². The lowest BCUT2D eigenvalue weighted by atomic mass is 9.59. The fraction of sp³-hybridized carbons (Fsp3) is 0.870. The van der Waals surface area contributed by atoms with E-state index >= 15 is 0 Å². The highest BCUT2D eigenvalue weighted by Crippen LogP contribution is 2.53. The van der Waals surface area contributed by atoms with Gasteiger partial charge in [-0.2, -0.15) is 0 Å². The summed E-state index contributed by atoms with van der Waals surface area (Å²) in [5.41, 5.74) is 3.12. The summed E-state index contributed by atoms with van der Waals surface area (Å²) in [6.45, 7) is 19.3. The van der Waals surface area contributed by atoms with Crippen molar-refractivity contribution in [2.45, 2.75) is 91.0 Å². The third kappa shape index (κ3) is 3.35. The van der Waals surface area contributed by atoms with Crippen molar-refractivity contribution in [1.29, 1.82) is 0 Å². The molecule has 2 aliphatic carbocycles. The zero-order valence-electron chi connectivity index (χ0n) is 18.6. The van der Waals surface area contributed by atoms with Crippen molar-refractivity contribution in [2.24, 2.45) is 29.6 Å². The van der Waals surface area contributed by atoms with Gasteiger partial charge in [0, 0.05) is 11.8 Å². The Morgan fingerprint density at radius 1 is 1.07 bits per heavy atom. The van der Waals surface area contributed by atoms with Gasteiger partial charge in [0.05, 0.1) is 18.6 Å². The fourth-order valence-electron chi connectivity index (χ4n) is 6.86. The van der Waals surface area contributed by atoms with E-state index < -0.39 is 8.32 Å². The molecule has 4 heteroatoms. The largest absolute Gasteiger partial charge is 0.465 e. The van der Waals surface area contributed by atoms with Crippen LogP contribution in [0.1, 0.15) is 68.2 Å². The standard InChI is InChI=1S/C23H40O3Si/c1-13(2)27(14(3)4,15(5)6)26-20-10-9-16(7)21-18(20)11-17(8)19-12-25-23(24)22(19)21/h11,13-16,18-22H,9-10,12H2,1-8H3/t16-,18-,19+,20+,21+,22+/m0/s1. The molecule has 0 amide bonds. The van der Waals surface area contributed by atoms with Crippen molar-refractivity contribution in [1.82, 2.24) is 0 Å². The maximum Gasteiger partial charge on any atom is 0.310 e. The molecule has 3 rings (SSSR count). The van der Waals surface area contributed by atoms with Gasteiger partial charge in [-0.15, -0.1) is 0 Å². The van der Waals surface area contributed by atoms with E-state index in [2.05, 4.69) is 61.5 Å². The van der Waals surface area contributed by atoms with E-state index in [-0.39, 0.29) is 18.0 Å². The predicted octanol–water partition coefficient (Wildman–Crippen LogP) is 5.96. The van der Waals surface area contributed by atoms with Crippen molar-refractivity contribution in [3.63, 3.8) is 0 Å². The summed E-state index contributed by atoms with van der Waals surface area (Å²) in [5, 5.41) is 0. The number of cyclic esters (lactones) is 1. The lowest BCUT2D eigenvalue weighted by Gasteiger charge is -2.52. The Morgan fingerprint density at radius 2 is 1.67 bits per heavy atom. The fourth-order valence-corrected chi connectivity index (χ4v) is 12.5. The van der Waals surface area contributed by atoms with Gasteiger partial charge in [0.2, 0.25) is 8.32 Å². The van der Waals surface area contributed by atoms with Gasteiger partial charge in [0.1, 0.15) is 0 Å². The summed E-state index contributed by atoms with van der Waals surface area (Å²) in [7, 11) is -1.93. The molecule has 0 unspecified atom stereocenters. The van der Waals surface area contributed by atoms with Crippen molar-refractivity contribution >= 4 is 14.3 Å². The van der Waals surface area contributed by atoms with Crippen LogP contribution in [0.4, 0.5) is 0 Å². The minimum absolute atomic E-state index is 0.0371. The first-order valence-corrected chi connectivity index (χ1v) is 13.3. The summed E-state index contributed by atoms with van der Waals surface area (Å²) in [4.78, 5) is 12.6. The lowest BCUT2D eigenvalue weighted by Crippen LogP contribution is -2.55. The predicted molar refractivity (Wildman–Crippen MR) is 113 cm³/mol. The van der Waals surface area contributed by atoms with Crippen molar-refractivity contribution in [3.05, 3.63) is 11.6 Å². The average Bonchev–Trinajstić information content (AvgIpc) is 2.96. The van der Waals surface area contributed by atoms with Crippen LogP contribution in [0.15, 0.2) is 11.6 Å². The number of rotatable bonds is 5. The molecule has 154 valence electrons. The Labute approximate surface area is 167 Å². The maximum atomic E-state index is 12.6. The number of carbonyl (C=O) groups excluding carboxylic acids is 1. The molecule has 0 aromatic carbocycles. The van der Waals surface area contributed by atoms with Crippen LogP contribution in [0.25, 0.3) is 0 Å². The minimum atomic E-state index is -1.93. The first-order chi connectivity index (χ1) is 12.6. The summed E-state index contributed by atoms with van der Waals surface area (Å²) in [5.74, 6) is 1.69. The van der Waals surface area contributed by atoms with Crippen LogP contribution in [0.3, 0.4) is 0 Å². The summed E-state index contributed by atoms with van der Waals surface area (Å²) in [6, 6.07) is 0. The first kappa shape index (κ1) is 21.1. The zero-order chi connectivity index (χ0) is 20.1. The van der Waals surface area contributed by atoms with Crippen LogP contribution in [0, 0.1) is 29.6 Å². The van der Waals surface area contributed by atoms with E-state index in [4.69, 9.17) is 9.16 Å². The molecule has 1 heterocycles. The smallest absolute Gasteiger partial charge is 0.310 e. The Balaban J connectivity index is 1.96. The highest BCUT2D eigenvalue weighted by Gasteiger charge is 2.55. The molecule has 0 N–H and O–H groups in total. The molecule has 3 aliphatic rings. The zero-order valence-corrected chi connectivity index (χ0v) is 19.6. The van der Waals surface area contributed by atoms with Gasteiger partial charge in [0.25, 0.3) is 0 Å². The van der Waals surface area contributed by atoms with Gasteiger partial charge in [0.15, 0.2) is 0 Å². The van der Waals surface area contributed by atoms with Gasteiger partial charge in [-0.25, -0.2) is 0 Å². The Hall–Kier alpha value is -0.613. The lowest BCUT2D eigenvalue weighted by molar-refractivity contribution is -0.145. The van der Waals surface area contributed by atoms with Crippen molar-refractivity contribution in [2.75, 3.05) is 6.61 Å². The number of hydrogen-bond acceptors (Lipinski definition) is 3. The SMILES string of the molecule is CC1=C[C@@H]2[C@H]([C@@H]3C(=O)OC[C@H]13)[C@@H](C)CC[C@H]2O[Si](C(C)C)(C(C)C)C(C)C. The van der Waals surface area contributed by atoms with E-state index in [0.29, 0.717) is 46.9 Å². The second-order valence-electron chi connectivity index (χ2n) is 10.4. The monoisotopic (exact) mass is 392 g/mol. The number of carbonyl (C=O) groups is 1. The molecule has 1 saturated heterocycles. The molecule has 2 fully saturated rings. The van der Waals surface area contributed by atoms with E-state index in [1.807, 2.05) is 0 Å². The highest BCUT2D eigenvalue weighted by atomic mass is 28.4. The van der Waals surface area contributed by atoms with Crippen molar-refractivity contribution < 1.29 is 14.0 Å². The summed E-state index contributed by atoms with van der Waals surface area (Å²) < 4.78 is 12.8. The highest BCUT2D eigenvalue weighted by molar-refractivity contribution is 6.77. The minimum Gasteiger partial charge on any atom is -0.465 e. The first-order valence-electron chi connectivity index (χ1n) is 11.1. The molecular weight excluding hydrogens is 352 g/mol. The number of esters is 1. The molecule has 1 aliphatic heterocycles. The third-order valence-corrected chi connectivity index (χ3v) is 14.2. The molecule has 0 bridgehead atoms. The van der Waals surface area contributed by atoms with Gasteiger partial charge in [-0.3, -0.25) is 4.79 Å². The molecule has 0 aromatic rings. The normalized spacial score (nSPS) is 36.7. The van der Waals surface area contributed by atoms with Crippen LogP contribution in [-0.2, 0) is 14.0 Å². The molecule has 27 heavy (non-hydrogen) atoms. The van der Waals surface area contributed by atoms with E-state index in [0.717, 1.165) is 12.8 Å². The Morgan fingerprint density at radius 3 is 2.22 bits per heavy atom. The molecule has 0 spiro atoms. The van der Waals surface area contributed by atoms with Gasteiger partial charge >= 0.3 is 5.97 Å². The van der Waals surface area contributed by atoms with Gasteiger partial charge in [-0.05, 0) is 48.2 Å². The van der Waals surface area contributed by atoms with Crippen LogP contribution >= 0.6 is 0 Å². The van der Waals surface area contributed by atoms with Crippen LogP contribution in [-0.4, -0.2) is 27.0 Å². The second-order valence-corrected chi connectivity index (χ2v) is 15.8. The molecular formula is C23H40O3Si. The van der Waals surface area contributed by atoms with Crippen LogP contribution < -0.4 is 0 Å². The van der Waals surface area contributed by atoms with Crippen molar-refractivity contribution in [3.8, 4) is 0 Å². The average molecular weight is 393 g/mol. The quantitative estimate of drug-likeness (QED) is 0.329. The number of ether oxygens (including phenoxy) is 1. The van der Waals surface area contributed by atoms with E-state index in [1.54, 1.807) is 0 Å². The summed E-state index contributed by atoms with van der Waals surface area (Å²) in [6.07, 6.45) is 5.01. The Kier molecular flexibility index (Phi) is 5.99. The van der Waals surface area contributed by atoms with Crippen LogP contribution in [0.5, 0.6) is 0 Å². The molecule has 0 aromatic heterocycles. The molecule has 1 saturated carbocycles. The molecule has 3 nitrogen and oxygen atoms in total. The number of fused-ring (bicyclic) bond motifs is 3. The van der Waals surface area contributed by atoms with E-state index in [1.165, 1.54) is 5.57 Å². The maximum absolute atomic E-state index is 12.6.